The lowest BCUT2D eigenvalue weighted by Crippen LogP contribution is -2.19. The molecular weight excluding hydrogens is 142 g/mol. The van der Waals surface area contributed by atoms with Gasteiger partial charge in [-0.25, -0.2) is 0 Å². The van der Waals surface area contributed by atoms with Crippen molar-refractivity contribution in [2.45, 2.75) is 26.4 Å². The van der Waals surface area contributed by atoms with Gasteiger partial charge in [-0.05, 0) is 24.7 Å². The zero-order valence-corrected chi connectivity index (χ0v) is 5.43. The third-order valence-electron chi connectivity index (χ3n) is 0.626. The summed E-state index contributed by atoms with van der Waals surface area (Å²) in [6.07, 6.45) is -8.62. The van der Waals surface area contributed by atoms with Gasteiger partial charge in [0.2, 0.25) is 0 Å². The van der Waals surface area contributed by atoms with Crippen molar-refractivity contribution in [3.05, 3.63) is 0 Å². The molecule has 0 aromatic heterocycles. The number of aliphatic carboxylic acids is 1. The third kappa shape index (κ3) is 5.85. The summed E-state index contributed by atoms with van der Waals surface area (Å²) < 4.78 is 104. The Morgan fingerprint density at radius 2 is 2.55 bits per heavy atom. The predicted molar refractivity (Wildman–Crippen MR) is 44.3 cm³/mol. The smallest absolute Gasteiger partial charge is 0.303 e. The van der Waals surface area contributed by atoms with E-state index < -0.39 is 50.7 Å². The maximum absolute atomic E-state index is 11.2. The van der Waals surface area contributed by atoms with Crippen molar-refractivity contribution in [1.29, 1.82) is 0 Å². The molecule has 0 rings (SSSR count). The van der Waals surface area contributed by atoms with Crippen molar-refractivity contribution in [3.63, 3.8) is 0 Å². The summed E-state index contributed by atoms with van der Waals surface area (Å²) in [4.78, 5) is 11.2. The van der Waals surface area contributed by atoms with Crippen LogP contribution in [0.1, 0.15) is 45.6 Å². The van der Waals surface area contributed by atoms with Gasteiger partial charge in [-0.15, -0.1) is 0 Å². The molecule has 0 bridgehead atoms. The molecule has 0 heterocycles. The van der Waals surface area contributed by atoms with E-state index in [1.807, 2.05) is 0 Å². The van der Waals surface area contributed by atoms with Crippen molar-refractivity contribution in [2.75, 3.05) is 6.50 Å². The molecule has 3 N–H and O–H groups in total. The fourth-order valence-electron chi connectivity index (χ4n) is 0.335. The van der Waals surface area contributed by atoms with E-state index in [0.29, 0.717) is 0 Å². The molecule has 0 saturated heterocycles. The molecule has 0 fully saturated rings. The first kappa shape index (κ1) is 1.69. The number of hydrogen-bond donors (Lipinski definition) is 2. The molecule has 0 aliphatic heterocycles. The first-order valence-corrected chi connectivity index (χ1v) is 2.47. The molecule has 0 unspecified atom stereocenters. The maximum Gasteiger partial charge on any atom is 0.303 e. The molecule has 0 aliphatic rings. The molecular formula is C8H17NO2. The van der Waals surface area contributed by atoms with Crippen LogP contribution >= 0.6 is 0 Å². The van der Waals surface area contributed by atoms with Crippen LogP contribution in [0.2, 0.25) is 0 Å². The van der Waals surface area contributed by atoms with Gasteiger partial charge in [0, 0.05) is 25.6 Å². The van der Waals surface area contributed by atoms with Gasteiger partial charge in [0.25, 0.3) is 0 Å². The summed E-state index contributed by atoms with van der Waals surface area (Å²) in [6, 6.07) is 0. The molecule has 3 heteroatoms. The Bertz CT molecular complexity index is 516. The van der Waals surface area contributed by atoms with Crippen LogP contribution in [-0.4, -0.2) is 17.6 Å². The van der Waals surface area contributed by atoms with Gasteiger partial charge in [0.1, 0.15) is 0 Å². The number of carboxylic acids is 1. The van der Waals surface area contributed by atoms with Crippen molar-refractivity contribution >= 4 is 5.97 Å². The van der Waals surface area contributed by atoms with Crippen LogP contribution in [0.3, 0.4) is 0 Å². The van der Waals surface area contributed by atoms with Crippen molar-refractivity contribution in [2.24, 2.45) is 17.5 Å². The Kier molecular flexibility index (Phi) is 0.788. The number of carbonyl (C=O) groups is 1. The van der Waals surface area contributed by atoms with Crippen LogP contribution < -0.4 is 5.73 Å². The largest absolute Gasteiger partial charge is 0.481 e. The second-order valence-electron chi connectivity index (χ2n) is 1.45. The minimum atomic E-state index is -4.42. The Hall–Kier alpha value is -0.570. The van der Waals surface area contributed by atoms with Crippen LogP contribution in [0, 0.1) is 11.8 Å². The molecule has 66 valence electrons. The average molecular weight is 173 g/mol. The molecule has 1 atom stereocenters. The Balaban J connectivity index is 7.22. The minimum absolute atomic E-state index is 2.58. The summed E-state index contributed by atoms with van der Waals surface area (Å²) in [7, 11) is 0. The highest BCUT2D eigenvalue weighted by molar-refractivity contribution is 5.67. The molecule has 0 aromatic rings. The lowest BCUT2D eigenvalue weighted by atomic mass is 9.94. The van der Waals surface area contributed by atoms with Gasteiger partial charge in [-0.2, -0.15) is 0 Å². The van der Waals surface area contributed by atoms with Gasteiger partial charge < -0.3 is 10.8 Å². The van der Waals surface area contributed by atoms with E-state index in [9.17, 15) is 4.79 Å². The van der Waals surface area contributed by atoms with Crippen LogP contribution in [0.25, 0.3) is 0 Å². The summed E-state index contributed by atoms with van der Waals surface area (Å²) in [5.41, 5.74) is 4.96. The molecule has 0 aliphatic carbocycles. The predicted octanol–water partition coefficient (Wildman–Crippen LogP) is 1.08. The summed E-state index contributed by atoms with van der Waals surface area (Å²) >= 11 is 0. The number of carboxylic acid groups (broad SMARTS) is 1. The lowest BCUT2D eigenvalue weighted by Gasteiger charge is -2.13. The SMILES string of the molecule is [2H]C([2H])([2H])C([2H])(C([2H])([2H])[2H])C([2H])([2H])[C@@]([2H])(C([2H])([2H])N)C([2H])([2H])C(=O)O. The van der Waals surface area contributed by atoms with Crippen molar-refractivity contribution in [3.8, 4) is 0 Å². The van der Waals surface area contributed by atoms with E-state index in [4.69, 9.17) is 30.0 Å². The summed E-state index contributed by atoms with van der Waals surface area (Å²) in [6.45, 7) is -11.9. The molecule has 0 radical (unpaired) electrons. The van der Waals surface area contributed by atoms with E-state index in [0.717, 1.165) is 0 Å². The molecule has 11 heavy (non-hydrogen) atoms. The monoisotopic (exact) mass is 173 g/mol. The normalized spacial score (nSPS) is 42.3. The average Bonchev–Trinajstić information content (AvgIpc) is 2.31. The number of rotatable bonds is 5. The zero-order valence-electron chi connectivity index (χ0n) is 19.4. The third-order valence-corrected chi connectivity index (χ3v) is 0.626. The lowest BCUT2D eigenvalue weighted by molar-refractivity contribution is -0.138. The van der Waals surface area contributed by atoms with Gasteiger partial charge in [0.15, 0.2) is 0 Å². The fourth-order valence-corrected chi connectivity index (χ4v) is 0.335. The Morgan fingerprint density at radius 3 is 2.91 bits per heavy atom. The quantitative estimate of drug-likeness (QED) is 0.654. The number of nitrogens with two attached hydrogens (primary N) is 1. The molecule has 0 spiro atoms. The maximum atomic E-state index is 11.2. The highest BCUT2D eigenvalue weighted by Gasteiger charge is 2.12. The van der Waals surface area contributed by atoms with Crippen LogP contribution in [0.5, 0.6) is 0 Å². The van der Waals surface area contributed by atoms with Gasteiger partial charge in [0.05, 0.1) is 0 Å². The van der Waals surface area contributed by atoms with E-state index in [1.165, 1.54) is 0 Å². The fraction of sp³-hybridized carbons (Fsp3) is 0.875. The zero-order chi connectivity index (χ0) is 21.1. The van der Waals surface area contributed by atoms with E-state index in [-0.39, 0.29) is 0 Å². The first-order chi connectivity index (χ1) is 10.4. The van der Waals surface area contributed by atoms with Crippen LogP contribution in [0.15, 0.2) is 0 Å². The molecule has 3 nitrogen and oxygen atoms in total. The van der Waals surface area contributed by atoms with E-state index >= 15 is 0 Å². The van der Waals surface area contributed by atoms with Gasteiger partial charge >= 0.3 is 5.97 Å². The van der Waals surface area contributed by atoms with Gasteiger partial charge in [-0.3, -0.25) is 4.79 Å². The van der Waals surface area contributed by atoms with Crippen molar-refractivity contribution in [1.82, 2.24) is 0 Å². The second kappa shape index (κ2) is 5.13. The minimum Gasteiger partial charge on any atom is -0.481 e. The van der Waals surface area contributed by atoms with E-state index in [1.54, 1.807) is 0 Å². The first-order valence-electron chi connectivity index (χ1n) is 9.47. The highest BCUT2D eigenvalue weighted by Crippen LogP contribution is 2.13. The molecule has 0 saturated carbocycles. The topological polar surface area (TPSA) is 63.3 Å². The van der Waals surface area contributed by atoms with Crippen LogP contribution in [-0.2, 0) is 4.79 Å². The Labute approximate surface area is 87.3 Å². The van der Waals surface area contributed by atoms with Gasteiger partial charge in [-0.1, -0.05) is 13.7 Å². The summed E-state index contributed by atoms with van der Waals surface area (Å²) in [5.74, 6) is -11.2. The van der Waals surface area contributed by atoms with E-state index in [2.05, 4.69) is 0 Å². The molecule has 0 amide bonds. The molecule has 0 aromatic carbocycles. The standard InChI is InChI=1S/C8H17NO2/c1-6(2)3-7(5-9)4-8(10)11/h6-7H,3-5,9H2,1-2H3,(H,10,11)/t7-/m1/s1/i1D3,2D3,3D2,4D2,5D2,6D,7D. The second-order valence-corrected chi connectivity index (χ2v) is 1.45. The number of hydrogen-bond acceptors (Lipinski definition) is 2. The summed E-state index contributed by atoms with van der Waals surface area (Å²) in [5, 5.41) is 8.95. The van der Waals surface area contributed by atoms with Crippen LogP contribution in [0.4, 0.5) is 0 Å². The van der Waals surface area contributed by atoms with Crippen molar-refractivity contribution < 1.29 is 29.1 Å². The Morgan fingerprint density at radius 1 is 1.91 bits per heavy atom. The highest BCUT2D eigenvalue weighted by atomic mass is 16.4.